The average molecular weight is 469 g/mol. The molecule has 0 spiro atoms. The maximum atomic E-state index is 14.4. The lowest BCUT2D eigenvalue weighted by Gasteiger charge is -2.36. The van der Waals surface area contributed by atoms with Gasteiger partial charge in [0.2, 0.25) is 11.8 Å². The predicted molar refractivity (Wildman–Crippen MR) is 118 cm³/mol. The maximum Gasteiger partial charge on any atom is 0.236 e. The maximum absolute atomic E-state index is 14.4. The topological polar surface area (TPSA) is 107 Å². The van der Waals surface area contributed by atoms with Gasteiger partial charge in [0, 0.05) is 37.8 Å². The number of anilines is 1. The molecule has 32 heavy (non-hydrogen) atoms. The van der Waals surface area contributed by atoms with Crippen molar-refractivity contribution in [2.24, 2.45) is 0 Å². The number of Topliss-reactive ketones (excluding diaryl/α,β-unsaturated/α-hetero) is 1. The molecular formula is C21H29FN4O5S. The number of carbonyl (C=O) groups excluding carboxylic acids is 3. The van der Waals surface area contributed by atoms with Crippen LogP contribution in [0, 0.1) is 5.82 Å². The van der Waals surface area contributed by atoms with Gasteiger partial charge in [0.15, 0.2) is 15.6 Å². The van der Waals surface area contributed by atoms with Crippen molar-refractivity contribution in [2.45, 2.75) is 19.4 Å². The fourth-order valence-electron chi connectivity index (χ4n) is 3.99. The lowest BCUT2D eigenvalue weighted by atomic mass is 10.1. The lowest BCUT2D eigenvalue weighted by Crippen LogP contribution is -2.52. The number of amides is 2. The molecule has 1 aromatic carbocycles. The van der Waals surface area contributed by atoms with Crippen LogP contribution in [0.2, 0.25) is 0 Å². The van der Waals surface area contributed by atoms with Crippen molar-refractivity contribution in [3.63, 3.8) is 0 Å². The van der Waals surface area contributed by atoms with Crippen molar-refractivity contribution in [3.8, 4) is 0 Å². The van der Waals surface area contributed by atoms with Gasteiger partial charge in [-0.3, -0.25) is 19.3 Å². The van der Waals surface area contributed by atoms with Crippen molar-refractivity contribution < 1.29 is 27.2 Å². The third-order valence-corrected chi connectivity index (χ3v) is 7.51. The number of carbonyl (C=O) groups is 3. The Labute approximate surface area is 187 Å². The average Bonchev–Trinajstić information content (AvgIpc) is 3.05. The Balaban J connectivity index is 1.44. The first-order valence-electron chi connectivity index (χ1n) is 10.6. The van der Waals surface area contributed by atoms with Crippen LogP contribution in [-0.4, -0.2) is 99.7 Å². The highest BCUT2D eigenvalue weighted by molar-refractivity contribution is 7.91. The van der Waals surface area contributed by atoms with Crippen LogP contribution >= 0.6 is 0 Å². The van der Waals surface area contributed by atoms with E-state index in [0.29, 0.717) is 43.9 Å². The molecule has 9 nitrogen and oxygen atoms in total. The van der Waals surface area contributed by atoms with E-state index in [0.717, 1.165) is 0 Å². The van der Waals surface area contributed by atoms with Crippen molar-refractivity contribution in [1.29, 1.82) is 0 Å². The molecule has 2 heterocycles. The zero-order valence-electron chi connectivity index (χ0n) is 18.3. The normalized spacial score (nSPS) is 20.4. The number of ketones is 1. The second-order valence-electron chi connectivity index (χ2n) is 8.43. The van der Waals surface area contributed by atoms with Crippen molar-refractivity contribution in [1.82, 2.24) is 15.1 Å². The quantitative estimate of drug-likeness (QED) is 0.558. The third-order valence-electron chi connectivity index (χ3n) is 5.74. The predicted octanol–water partition coefficient (Wildman–Crippen LogP) is -0.0880. The molecule has 1 atom stereocenters. The van der Waals surface area contributed by atoms with Crippen molar-refractivity contribution in [3.05, 3.63) is 29.6 Å². The Hall–Kier alpha value is -2.53. The number of sulfone groups is 1. The largest absolute Gasteiger partial charge is 0.366 e. The summed E-state index contributed by atoms with van der Waals surface area (Å²) < 4.78 is 37.4. The molecular weight excluding hydrogens is 439 g/mol. The van der Waals surface area contributed by atoms with E-state index < -0.39 is 15.7 Å². The highest BCUT2D eigenvalue weighted by atomic mass is 32.2. The monoisotopic (exact) mass is 468 g/mol. The molecule has 0 bridgehead atoms. The van der Waals surface area contributed by atoms with Gasteiger partial charge in [-0.25, -0.2) is 12.8 Å². The van der Waals surface area contributed by atoms with E-state index >= 15 is 0 Å². The number of halogens is 1. The molecule has 176 valence electrons. The lowest BCUT2D eigenvalue weighted by molar-refractivity contribution is -0.133. The fourth-order valence-corrected chi connectivity index (χ4v) is 5.67. The van der Waals surface area contributed by atoms with Crippen molar-refractivity contribution >= 4 is 33.1 Å². The molecule has 2 fully saturated rings. The van der Waals surface area contributed by atoms with Crippen LogP contribution in [0.15, 0.2) is 18.2 Å². The van der Waals surface area contributed by atoms with E-state index in [-0.39, 0.29) is 48.2 Å². The molecule has 1 unspecified atom stereocenters. The summed E-state index contributed by atoms with van der Waals surface area (Å²) in [4.78, 5) is 41.2. The first-order valence-corrected chi connectivity index (χ1v) is 12.4. The molecule has 0 saturated carbocycles. The van der Waals surface area contributed by atoms with Gasteiger partial charge in [-0.1, -0.05) is 0 Å². The first-order chi connectivity index (χ1) is 15.0. The molecule has 0 radical (unpaired) electrons. The zero-order valence-corrected chi connectivity index (χ0v) is 19.2. The van der Waals surface area contributed by atoms with Crippen LogP contribution in [0.1, 0.15) is 23.7 Å². The van der Waals surface area contributed by atoms with Crippen LogP contribution in [0.3, 0.4) is 0 Å². The van der Waals surface area contributed by atoms with Gasteiger partial charge in [-0.15, -0.1) is 0 Å². The summed E-state index contributed by atoms with van der Waals surface area (Å²) >= 11 is 0. The number of hydrogen-bond donors (Lipinski definition) is 1. The fraction of sp³-hybridized carbons (Fsp3) is 0.571. The van der Waals surface area contributed by atoms with Gasteiger partial charge in [-0.2, -0.15) is 0 Å². The summed E-state index contributed by atoms with van der Waals surface area (Å²) in [5.74, 6) is -1.05. The molecule has 2 saturated heterocycles. The Bertz CT molecular complexity index is 992. The summed E-state index contributed by atoms with van der Waals surface area (Å²) in [5.41, 5.74) is 0.728. The Morgan fingerprint density at radius 1 is 1.16 bits per heavy atom. The van der Waals surface area contributed by atoms with Crippen LogP contribution in [0.5, 0.6) is 0 Å². The van der Waals surface area contributed by atoms with Crippen molar-refractivity contribution in [2.75, 3.05) is 62.7 Å². The SMILES string of the molecule is CC(=O)c1ccc(N2CCN(C(=O)CN(C)CC(=O)NC3CCS(=O)(=O)C3)CC2)c(F)c1. The van der Waals surface area contributed by atoms with Gasteiger partial charge in [-0.05, 0) is 38.6 Å². The zero-order chi connectivity index (χ0) is 23.5. The smallest absolute Gasteiger partial charge is 0.236 e. The molecule has 1 N–H and O–H groups in total. The van der Waals surface area contributed by atoms with E-state index in [9.17, 15) is 27.2 Å². The highest BCUT2D eigenvalue weighted by Gasteiger charge is 2.29. The number of piperazine rings is 1. The van der Waals surface area contributed by atoms with E-state index in [1.165, 1.54) is 13.0 Å². The van der Waals surface area contributed by atoms with Crippen LogP contribution in [0.4, 0.5) is 10.1 Å². The van der Waals surface area contributed by atoms with Crippen LogP contribution in [-0.2, 0) is 19.4 Å². The minimum atomic E-state index is -3.07. The van der Waals surface area contributed by atoms with Gasteiger partial charge in [0.1, 0.15) is 5.82 Å². The number of nitrogens with one attached hydrogen (secondary N) is 1. The first kappa shape index (κ1) is 24.1. The highest BCUT2D eigenvalue weighted by Crippen LogP contribution is 2.22. The molecule has 2 amide bonds. The molecule has 3 rings (SSSR count). The molecule has 2 aliphatic heterocycles. The van der Waals surface area contributed by atoms with E-state index in [2.05, 4.69) is 5.32 Å². The summed E-state index contributed by atoms with van der Waals surface area (Å²) in [6.45, 7) is 3.21. The molecule has 2 aliphatic rings. The van der Waals surface area contributed by atoms with Gasteiger partial charge in [0.05, 0.1) is 30.3 Å². The standard InChI is InChI=1S/C21H29FN4O5S/c1-15(27)16-3-4-19(18(22)11-16)25-6-8-26(9-7-25)21(29)13-24(2)12-20(28)23-17-5-10-32(30,31)14-17/h3-4,11,17H,5-10,12-14H2,1-2H3,(H,23,28). The second-order valence-corrected chi connectivity index (χ2v) is 10.7. The molecule has 0 aliphatic carbocycles. The summed E-state index contributed by atoms with van der Waals surface area (Å²) in [6.07, 6.45) is 0.416. The summed E-state index contributed by atoms with van der Waals surface area (Å²) in [5, 5.41) is 2.71. The third kappa shape index (κ3) is 6.26. The van der Waals surface area contributed by atoms with E-state index in [1.807, 2.05) is 4.90 Å². The molecule has 0 aromatic heterocycles. The second kappa shape index (κ2) is 9.95. The van der Waals surface area contributed by atoms with Crippen LogP contribution in [0.25, 0.3) is 0 Å². The van der Waals surface area contributed by atoms with E-state index in [1.54, 1.807) is 29.0 Å². The Kier molecular flexibility index (Phi) is 7.50. The summed E-state index contributed by atoms with van der Waals surface area (Å²) in [7, 11) is -1.41. The van der Waals surface area contributed by atoms with E-state index in [4.69, 9.17) is 0 Å². The minimum Gasteiger partial charge on any atom is -0.366 e. The molecule has 11 heteroatoms. The number of nitrogens with zero attached hydrogens (tertiary/aromatic N) is 3. The number of likely N-dealkylation sites (N-methyl/N-ethyl adjacent to an activating group) is 1. The minimum absolute atomic E-state index is 0.00401. The number of hydrogen-bond acceptors (Lipinski definition) is 7. The Morgan fingerprint density at radius 2 is 1.84 bits per heavy atom. The summed E-state index contributed by atoms with van der Waals surface area (Å²) in [6, 6.07) is 4.05. The molecule has 1 aromatic rings. The number of benzene rings is 1. The van der Waals surface area contributed by atoms with Gasteiger partial charge in [0.25, 0.3) is 0 Å². The Morgan fingerprint density at radius 3 is 2.41 bits per heavy atom. The van der Waals surface area contributed by atoms with Gasteiger partial charge < -0.3 is 15.1 Å². The van der Waals surface area contributed by atoms with Gasteiger partial charge >= 0.3 is 0 Å². The van der Waals surface area contributed by atoms with Crippen LogP contribution < -0.4 is 10.2 Å². The number of rotatable bonds is 7.